The summed E-state index contributed by atoms with van der Waals surface area (Å²) in [5, 5.41) is 5.25. The number of anilines is 1. The van der Waals surface area contributed by atoms with Crippen molar-refractivity contribution in [2.45, 2.75) is 44.2 Å². The van der Waals surface area contributed by atoms with Gasteiger partial charge in [-0.3, -0.25) is 4.79 Å². The summed E-state index contributed by atoms with van der Waals surface area (Å²) in [7, 11) is -1.52. The number of nitrogens with one attached hydrogen (secondary N) is 2. The quantitative estimate of drug-likeness (QED) is 0.745. The topological polar surface area (TPSA) is 105 Å². The Morgan fingerprint density at radius 1 is 1.11 bits per heavy atom. The summed E-state index contributed by atoms with van der Waals surface area (Å²) >= 11 is 0. The van der Waals surface area contributed by atoms with E-state index in [9.17, 15) is 18.0 Å². The van der Waals surface area contributed by atoms with E-state index in [2.05, 4.69) is 10.6 Å². The maximum Gasteiger partial charge on any atom is 0.319 e. The lowest BCUT2D eigenvalue weighted by Crippen LogP contribution is -2.51. The van der Waals surface area contributed by atoms with Gasteiger partial charge in [0.15, 0.2) is 9.84 Å². The van der Waals surface area contributed by atoms with Gasteiger partial charge in [0.2, 0.25) is 5.91 Å². The predicted octanol–water partition coefficient (Wildman–Crippen LogP) is 1.77. The number of rotatable bonds is 6. The van der Waals surface area contributed by atoms with Gasteiger partial charge in [-0.25, -0.2) is 13.2 Å². The molecule has 2 aliphatic rings. The summed E-state index contributed by atoms with van der Waals surface area (Å²) in [4.78, 5) is 26.7. The summed E-state index contributed by atoms with van der Waals surface area (Å²) in [6, 6.07) is 6.16. The number of methoxy groups -OCH3 is 1. The molecular weight excluding hydrogens is 382 g/mol. The minimum atomic E-state index is -3.09. The first-order chi connectivity index (χ1) is 13.4. The smallest absolute Gasteiger partial charge is 0.319 e. The van der Waals surface area contributed by atoms with E-state index in [1.165, 1.54) is 0 Å². The molecule has 0 spiro atoms. The number of urea groups is 1. The van der Waals surface area contributed by atoms with E-state index in [4.69, 9.17) is 4.74 Å². The van der Waals surface area contributed by atoms with E-state index < -0.39 is 15.9 Å². The van der Waals surface area contributed by atoms with Crippen molar-refractivity contribution in [3.05, 3.63) is 24.3 Å². The molecule has 1 aromatic carbocycles. The minimum Gasteiger partial charge on any atom is -0.497 e. The molecule has 154 valence electrons. The molecule has 0 radical (unpaired) electrons. The summed E-state index contributed by atoms with van der Waals surface area (Å²) < 4.78 is 28.8. The Kier molecular flexibility index (Phi) is 6.43. The molecule has 1 heterocycles. The van der Waals surface area contributed by atoms with E-state index in [1.807, 2.05) is 0 Å². The van der Waals surface area contributed by atoms with Crippen molar-refractivity contribution in [3.8, 4) is 5.75 Å². The van der Waals surface area contributed by atoms with Crippen molar-refractivity contribution in [1.29, 1.82) is 0 Å². The third-order valence-corrected chi connectivity index (χ3v) is 7.11. The fourth-order valence-electron chi connectivity index (χ4n) is 3.98. The van der Waals surface area contributed by atoms with E-state index in [0.717, 1.165) is 25.7 Å². The molecule has 8 nitrogen and oxygen atoms in total. The fraction of sp³-hybridized carbons (Fsp3) is 0.579. The largest absolute Gasteiger partial charge is 0.497 e. The van der Waals surface area contributed by atoms with Crippen LogP contribution in [0, 0.1) is 0 Å². The number of carbonyl (C=O) groups is 2. The molecule has 1 saturated carbocycles. The molecule has 0 aromatic heterocycles. The minimum absolute atomic E-state index is 0.0211. The Morgan fingerprint density at radius 2 is 1.79 bits per heavy atom. The van der Waals surface area contributed by atoms with Gasteiger partial charge in [0, 0.05) is 17.8 Å². The Balaban J connectivity index is 1.57. The molecule has 3 amide bonds. The highest BCUT2D eigenvalue weighted by Crippen LogP contribution is 2.29. The third kappa shape index (κ3) is 5.15. The van der Waals surface area contributed by atoms with Crippen molar-refractivity contribution >= 4 is 27.5 Å². The number of nitrogens with zero attached hydrogens (tertiary/aromatic N) is 1. The molecule has 2 fully saturated rings. The van der Waals surface area contributed by atoms with Crippen molar-refractivity contribution in [2.24, 2.45) is 0 Å². The molecule has 9 heteroatoms. The lowest BCUT2D eigenvalue weighted by atomic mass is 10.1. The number of hydrogen-bond acceptors (Lipinski definition) is 5. The first-order valence-corrected chi connectivity index (χ1v) is 11.4. The van der Waals surface area contributed by atoms with E-state index >= 15 is 0 Å². The number of sulfone groups is 1. The number of carbonyl (C=O) groups excluding carboxylic acids is 2. The first-order valence-electron chi connectivity index (χ1n) is 9.58. The molecule has 3 rings (SSSR count). The molecule has 1 saturated heterocycles. The standard InChI is InChI=1S/C19H27N3O5S/c1-27-17-8-6-14(7-9-17)21-19(24)20-12-18(23)22(15-4-2-3-5-15)16-10-11-28(25,26)13-16/h6-9,15-16H,2-5,10-13H2,1H3,(H2,20,21,24)/t16-/m0/s1. The zero-order chi connectivity index (χ0) is 20.1. The molecular formula is C19H27N3O5S. The normalized spacial score (nSPS) is 21.2. The Hall–Kier alpha value is -2.29. The van der Waals surface area contributed by atoms with Crippen LogP contribution in [0.1, 0.15) is 32.1 Å². The van der Waals surface area contributed by atoms with Gasteiger partial charge >= 0.3 is 6.03 Å². The summed E-state index contributed by atoms with van der Waals surface area (Å²) in [5.41, 5.74) is 0.584. The van der Waals surface area contributed by atoms with Crippen LogP contribution in [0.15, 0.2) is 24.3 Å². The Labute approximate surface area is 165 Å². The molecule has 0 unspecified atom stereocenters. The maximum atomic E-state index is 12.8. The molecule has 0 bridgehead atoms. The zero-order valence-electron chi connectivity index (χ0n) is 16.0. The van der Waals surface area contributed by atoms with Crippen LogP contribution < -0.4 is 15.4 Å². The highest BCUT2D eigenvalue weighted by molar-refractivity contribution is 7.91. The lowest BCUT2D eigenvalue weighted by molar-refractivity contribution is -0.134. The SMILES string of the molecule is COc1ccc(NC(=O)NCC(=O)N(C2CCCC2)[C@H]2CCS(=O)(=O)C2)cc1. The second-order valence-corrected chi connectivity index (χ2v) is 9.56. The molecule has 28 heavy (non-hydrogen) atoms. The van der Waals surface area contributed by atoms with Crippen LogP contribution >= 0.6 is 0 Å². The van der Waals surface area contributed by atoms with Crippen LogP contribution in [0.4, 0.5) is 10.5 Å². The average molecular weight is 410 g/mol. The molecule has 1 atom stereocenters. The summed E-state index contributed by atoms with van der Waals surface area (Å²) in [6.07, 6.45) is 4.34. The van der Waals surface area contributed by atoms with E-state index in [1.54, 1.807) is 36.3 Å². The van der Waals surface area contributed by atoms with Crippen LogP contribution in [-0.4, -0.2) is 62.5 Å². The van der Waals surface area contributed by atoms with Gasteiger partial charge in [-0.1, -0.05) is 12.8 Å². The van der Waals surface area contributed by atoms with Gasteiger partial charge in [-0.2, -0.15) is 0 Å². The third-order valence-electron chi connectivity index (χ3n) is 5.36. The van der Waals surface area contributed by atoms with E-state index in [-0.39, 0.29) is 36.0 Å². The van der Waals surface area contributed by atoms with Gasteiger partial charge in [-0.15, -0.1) is 0 Å². The maximum absolute atomic E-state index is 12.8. The number of benzene rings is 1. The first kappa shape index (κ1) is 20.4. The van der Waals surface area contributed by atoms with Crippen LogP contribution in [0.2, 0.25) is 0 Å². The van der Waals surface area contributed by atoms with Crippen molar-refractivity contribution < 1.29 is 22.7 Å². The van der Waals surface area contributed by atoms with Gasteiger partial charge in [-0.05, 0) is 43.5 Å². The Bertz CT molecular complexity index is 803. The molecule has 1 aliphatic heterocycles. The highest BCUT2D eigenvalue weighted by atomic mass is 32.2. The van der Waals surface area contributed by atoms with E-state index in [0.29, 0.717) is 17.9 Å². The van der Waals surface area contributed by atoms with Crippen molar-refractivity contribution in [1.82, 2.24) is 10.2 Å². The molecule has 1 aliphatic carbocycles. The van der Waals surface area contributed by atoms with Gasteiger partial charge in [0.25, 0.3) is 0 Å². The monoisotopic (exact) mass is 409 g/mol. The lowest BCUT2D eigenvalue weighted by Gasteiger charge is -2.34. The van der Waals surface area contributed by atoms with Crippen molar-refractivity contribution in [3.63, 3.8) is 0 Å². The van der Waals surface area contributed by atoms with Crippen LogP contribution in [0.3, 0.4) is 0 Å². The average Bonchev–Trinajstić information content (AvgIpc) is 3.31. The number of ether oxygens (including phenoxy) is 1. The van der Waals surface area contributed by atoms with Gasteiger partial charge in [0.05, 0.1) is 25.2 Å². The summed E-state index contributed by atoms with van der Waals surface area (Å²) in [5.74, 6) is 0.603. The second-order valence-electron chi connectivity index (χ2n) is 7.33. The number of hydrogen-bond donors (Lipinski definition) is 2. The number of amides is 3. The van der Waals surface area contributed by atoms with Crippen LogP contribution in [-0.2, 0) is 14.6 Å². The van der Waals surface area contributed by atoms with Crippen LogP contribution in [0.5, 0.6) is 5.75 Å². The predicted molar refractivity (Wildman–Crippen MR) is 106 cm³/mol. The molecule has 1 aromatic rings. The zero-order valence-corrected chi connectivity index (χ0v) is 16.8. The van der Waals surface area contributed by atoms with Crippen LogP contribution in [0.25, 0.3) is 0 Å². The fourth-order valence-corrected chi connectivity index (χ4v) is 5.69. The second kappa shape index (κ2) is 8.81. The van der Waals surface area contributed by atoms with Crippen molar-refractivity contribution in [2.75, 3.05) is 30.5 Å². The summed E-state index contributed by atoms with van der Waals surface area (Å²) in [6.45, 7) is -0.158. The van der Waals surface area contributed by atoms with Gasteiger partial charge in [0.1, 0.15) is 5.75 Å². The van der Waals surface area contributed by atoms with Gasteiger partial charge < -0.3 is 20.3 Å². The highest BCUT2D eigenvalue weighted by Gasteiger charge is 2.38. The molecule has 2 N–H and O–H groups in total. The Morgan fingerprint density at radius 3 is 2.36 bits per heavy atom.